The summed E-state index contributed by atoms with van der Waals surface area (Å²) in [7, 11) is 0. The number of thiophene rings is 2. The Hall–Kier alpha value is -1.95. The number of carbonyl (C=O) groups is 1. The molecule has 0 aliphatic carbocycles. The van der Waals surface area contributed by atoms with E-state index in [1.165, 1.54) is 11.3 Å². The largest absolute Gasteiger partial charge is 0.477 e. The molecule has 0 spiro atoms. The predicted octanol–water partition coefficient (Wildman–Crippen LogP) is 6.78. The molecule has 0 radical (unpaired) electrons. The summed E-state index contributed by atoms with van der Waals surface area (Å²) in [4.78, 5) is 11.8. The molecule has 0 bridgehead atoms. The van der Waals surface area contributed by atoms with E-state index >= 15 is 0 Å². The van der Waals surface area contributed by atoms with Crippen LogP contribution in [0.15, 0.2) is 75.9 Å². The summed E-state index contributed by atoms with van der Waals surface area (Å²) in [5, 5.41) is 14.5. The molecule has 120 valence electrons. The van der Waals surface area contributed by atoms with Gasteiger partial charge in [-0.05, 0) is 34.5 Å². The van der Waals surface area contributed by atoms with Crippen molar-refractivity contribution in [1.82, 2.24) is 0 Å². The molecule has 1 N–H and O–H groups in total. The molecule has 0 saturated heterocycles. The lowest BCUT2D eigenvalue weighted by Crippen LogP contribution is -1.94. The van der Waals surface area contributed by atoms with Crippen molar-refractivity contribution in [2.75, 3.05) is 0 Å². The SMILES string of the molecule is O=C(O)c1sc2ccc(Br)cc2c1-c1ccccc1.c1ccsc1. The Bertz CT molecular complexity index is 927. The van der Waals surface area contributed by atoms with Crippen molar-refractivity contribution in [2.45, 2.75) is 0 Å². The lowest BCUT2D eigenvalue weighted by atomic mass is 10.0. The molecular formula is C19H13BrO2S2. The molecule has 4 aromatic rings. The molecule has 0 atom stereocenters. The van der Waals surface area contributed by atoms with E-state index in [-0.39, 0.29) is 0 Å². The van der Waals surface area contributed by atoms with E-state index in [2.05, 4.69) is 15.9 Å². The molecule has 4 rings (SSSR count). The molecule has 24 heavy (non-hydrogen) atoms. The van der Waals surface area contributed by atoms with Crippen molar-refractivity contribution in [3.8, 4) is 11.1 Å². The van der Waals surface area contributed by atoms with Gasteiger partial charge < -0.3 is 5.11 Å². The fourth-order valence-electron chi connectivity index (χ4n) is 2.34. The Morgan fingerprint density at radius 3 is 2.25 bits per heavy atom. The number of aromatic carboxylic acids is 1. The average molecular weight is 417 g/mol. The summed E-state index contributed by atoms with van der Waals surface area (Å²) in [6.45, 7) is 0. The minimum atomic E-state index is -0.879. The Labute approximate surface area is 156 Å². The van der Waals surface area contributed by atoms with Gasteiger partial charge in [-0.3, -0.25) is 0 Å². The van der Waals surface area contributed by atoms with Gasteiger partial charge in [0.15, 0.2) is 0 Å². The molecule has 2 aromatic heterocycles. The summed E-state index contributed by atoms with van der Waals surface area (Å²) in [5.74, 6) is -0.879. The van der Waals surface area contributed by atoms with E-state index in [1.807, 2.05) is 71.4 Å². The molecule has 0 saturated carbocycles. The summed E-state index contributed by atoms with van der Waals surface area (Å²) in [6, 6.07) is 19.5. The second-order valence-electron chi connectivity index (χ2n) is 4.91. The van der Waals surface area contributed by atoms with Crippen LogP contribution < -0.4 is 0 Å². The fourth-order valence-corrected chi connectivity index (χ4v) is 4.20. The zero-order chi connectivity index (χ0) is 16.9. The maximum absolute atomic E-state index is 11.4. The van der Waals surface area contributed by atoms with Crippen LogP contribution in [0, 0.1) is 0 Å². The third kappa shape index (κ3) is 3.75. The zero-order valence-corrected chi connectivity index (χ0v) is 15.7. The maximum Gasteiger partial charge on any atom is 0.346 e. The Morgan fingerprint density at radius 1 is 0.958 bits per heavy atom. The maximum atomic E-state index is 11.4. The van der Waals surface area contributed by atoms with E-state index in [0.29, 0.717) is 4.88 Å². The highest BCUT2D eigenvalue weighted by molar-refractivity contribution is 9.10. The summed E-state index contributed by atoms with van der Waals surface area (Å²) in [6.07, 6.45) is 0. The van der Waals surface area contributed by atoms with Gasteiger partial charge >= 0.3 is 5.97 Å². The molecule has 0 unspecified atom stereocenters. The zero-order valence-electron chi connectivity index (χ0n) is 12.5. The van der Waals surface area contributed by atoms with Crippen LogP contribution in [0.4, 0.5) is 0 Å². The molecule has 0 aliphatic heterocycles. The standard InChI is InChI=1S/C15H9BrO2S.C4H4S/c16-10-6-7-12-11(8-10)13(14(19-12)15(17)18)9-4-2-1-3-5-9;1-2-4-5-3-1/h1-8H,(H,17,18);1-4H. The smallest absolute Gasteiger partial charge is 0.346 e. The van der Waals surface area contributed by atoms with Crippen LogP contribution in [0.2, 0.25) is 0 Å². The van der Waals surface area contributed by atoms with Gasteiger partial charge in [0.25, 0.3) is 0 Å². The van der Waals surface area contributed by atoms with Gasteiger partial charge in [0, 0.05) is 20.1 Å². The number of hydrogen-bond acceptors (Lipinski definition) is 3. The summed E-state index contributed by atoms with van der Waals surface area (Å²) >= 11 is 6.47. The highest BCUT2D eigenvalue weighted by atomic mass is 79.9. The average Bonchev–Trinajstić information content (AvgIpc) is 3.26. The van der Waals surface area contributed by atoms with E-state index in [1.54, 1.807) is 11.3 Å². The molecule has 2 heterocycles. The summed E-state index contributed by atoms with van der Waals surface area (Å²) in [5.41, 5.74) is 1.73. The van der Waals surface area contributed by atoms with Gasteiger partial charge in [-0.2, -0.15) is 11.3 Å². The summed E-state index contributed by atoms with van der Waals surface area (Å²) < 4.78 is 1.94. The predicted molar refractivity (Wildman–Crippen MR) is 106 cm³/mol. The number of carboxylic acid groups (broad SMARTS) is 1. The van der Waals surface area contributed by atoms with Crippen LogP contribution >= 0.6 is 38.6 Å². The number of rotatable bonds is 2. The first-order valence-corrected chi connectivity index (χ1v) is 9.70. The van der Waals surface area contributed by atoms with Crippen LogP contribution in [0.25, 0.3) is 21.2 Å². The van der Waals surface area contributed by atoms with E-state index < -0.39 is 5.97 Å². The highest BCUT2D eigenvalue weighted by Crippen LogP contribution is 2.39. The van der Waals surface area contributed by atoms with Crippen molar-refractivity contribution < 1.29 is 9.90 Å². The lowest BCUT2D eigenvalue weighted by molar-refractivity contribution is 0.0703. The molecule has 2 aromatic carbocycles. The molecule has 0 fully saturated rings. The van der Waals surface area contributed by atoms with Crippen molar-refractivity contribution >= 4 is 54.7 Å². The van der Waals surface area contributed by atoms with Gasteiger partial charge in [0.2, 0.25) is 0 Å². The number of fused-ring (bicyclic) bond motifs is 1. The first-order chi connectivity index (χ1) is 11.7. The second kappa shape index (κ2) is 7.75. The third-order valence-electron chi connectivity index (χ3n) is 3.33. The molecule has 2 nitrogen and oxygen atoms in total. The number of halogens is 1. The number of hydrogen-bond donors (Lipinski definition) is 1. The van der Waals surface area contributed by atoms with Crippen LogP contribution in [-0.2, 0) is 0 Å². The monoisotopic (exact) mass is 416 g/mol. The number of benzene rings is 2. The molecular weight excluding hydrogens is 404 g/mol. The quantitative estimate of drug-likeness (QED) is 0.391. The molecule has 0 amide bonds. The van der Waals surface area contributed by atoms with Gasteiger partial charge in [0.1, 0.15) is 4.88 Å². The van der Waals surface area contributed by atoms with Gasteiger partial charge in [-0.25, -0.2) is 4.79 Å². The third-order valence-corrected chi connectivity index (χ3v) is 5.61. The van der Waals surface area contributed by atoms with Gasteiger partial charge in [-0.1, -0.05) is 58.4 Å². The van der Waals surface area contributed by atoms with Crippen molar-refractivity contribution in [2.24, 2.45) is 0 Å². The van der Waals surface area contributed by atoms with E-state index in [9.17, 15) is 9.90 Å². The van der Waals surface area contributed by atoms with Crippen LogP contribution in [0.1, 0.15) is 9.67 Å². The molecule has 0 aliphatic rings. The minimum Gasteiger partial charge on any atom is -0.477 e. The van der Waals surface area contributed by atoms with E-state index in [0.717, 1.165) is 25.7 Å². The van der Waals surface area contributed by atoms with Crippen molar-refractivity contribution in [1.29, 1.82) is 0 Å². The van der Waals surface area contributed by atoms with Crippen LogP contribution in [-0.4, -0.2) is 11.1 Å². The fraction of sp³-hybridized carbons (Fsp3) is 0. The van der Waals surface area contributed by atoms with Crippen molar-refractivity contribution in [3.63, 3.8) is 0 Å². The normalized spacial score (nSPS) is 10.2. The highest BCUT2D eigenvalue weighted by Gasteiger charge is 2.18. The first kappa shape index (κ1) is 16.9. The Balaban J connectivity index is 0.000000290. The van der Waals surface area contributed by atoms with Crippen LogP contribution in [0.5, 0.6) is 0 Å². The Kier molecular flexibility index (Phi) is 5.45. The van der Waals surface area contributed by atoms with Gasteiger partial charge in [-0.15, -0.1) is 11.3 Å². The van der Waals surface area contributed by atoms with Crippen molar-refractivity contribution in [3.05, 3.63) is 80.8 Å². The van der Waals surface area contributed by atoms with Gasteiger partial charge in [0.05, 0.1) is 0 Å². The Morgan fingerprint density at radius 2 is 1.67 bits per heavy atom. The lowest BCUT2D eigenvalue weighted by Gasteiger charge is -2.02. The number of carboxylic acids is 1. The minimum absolute atomic E-state index is 0.388. The van der Waals surface area contributed by atoms with E-state index in [4.69, 9.17) is 0 Å². The topological polar surface area (TPSA) is 37.3 Å². The van der Waals surface area contributed by atoms with Crippen LogP contribution in [0.3, 0.4) is 0 Å². The molecule has 5 heteroatoms. The first-order valence-electron chi connectivity index (χ1n) is 7.15. The second-order valence-corrected chi connectivity index (χ2v) is 7.70.